The fourth-order valence-electron chi connectivity index (χ4n) is 1.14. The summed E-state index contributed by atoms with van der Waals surface area (Å²) in [6.07, 6.45) is 7.45. The minimum atomic E-state index is 1.09. The van der Waals surface area contributed by atoms with Gasteiger partial charge in [0.05, 0.1) is 0 Å². The molecule has 0 aromatic heterocycles. The maximum atomic E-state index is 3.43. The highest BCUT2D eigenvalue weighted by Gasteiger charge is 2.03. The van der Waals surface area contributed by atoms with Crippen molar-refractivity contribution in [1.29, 1.82) is 0 Å². The predicted octanol–water partition coefficient (Wildman–Crippen LogP) is 2.67. The van der Waals surface area contributed by atoms with Crippen molar-refractivity contribution in [1.82, 2.24) is 10.6 Å². The quantitative estimate of drug-likeness (QED) is 0.540. The number of rotatable bonds is 9. The van der Waals surface area contributed by atoms with Crippen molar-refractivity contribution in [2.24, 2.45) is 0 Å². The SMILES string of the molecule is CCCCN[C](CC)NCCCC. The van der Waals surface area contributed by atoms with Crippen molar-refractivity contribution in [3.05, 3.63) is 6.17 Å². The van der Waals surface area contributed by atoms with Crippen LogP contribution >= 0.6 is 0 Å². The molecule has 2 heteroatoms. The third-order valence-corrected chi connectivity index (χ3v) is 2.09. The topological polar surface area (TPSA) is 24.1 Å². The number of nitrogens with one attached hydrogen (secondary N) is 2. The van der Waals surface area contributed by atoms with Crippen molar-refractivity contribution in [3.63, 3.8) is 0 Å². The van der Waals surface area contributed by atoms with Crippen LogP contribution in [0.1, 0.15) is 52.9 Å². The third kappa shape index (κ3) is 8.26. The summed E-state index contributed by atoms with van der Waals surface area (Å²) in [5.41, 5.74) is 0. The van der Waals surface area contributed by atoms with Gasteiger partial charge in [-0.3, -0.25) is 10.6 Å². The lowest BCUT2D eigenvalue weighted by atomic mass is 10.3. The molecule has 2 nitrogen and oxygen atoms in total. The van der Waals surface area contributed by atoms with Gasteiger partial charge in [0, 0.05) is 0 Å². The van der Waals surface area contributed by atoms with Gasteiger partial charge in [-0.25, -0.2) is 0 Å². The van der Waals surface area contributed by atoms with E-state index in [0.29, 0.717) is 0 Å². The average Bonchev–Trinajstić information content (AvgIpc) is 2.16. The van der Waals surface area contributed by atoms with Crippen LogP contribution in [0.25, 0.3) is 0 Å². The lowest BCUT2D eigenvalue weighted by molar-refractivity contribution is 0.519. The molecule has 0 saturated carbocycles. The summed E-state index contributed by atoms with van der Waals surface area (Å²) in [5, 5.41) is 6.87. The van der Waals surface area contributed by atoms with Crippen LogP contribution in [0.4, 0.5) is 0 Å². The maximum absolute atomic E-state index is 3.43. The lowest BCUT2D eigenvalue weighted by Gasteiger charge is -2.16. The molecule has 0 aromatic carbocycles. The molecule has 0 aliphatic carbocycles. The molecule has 0 atom stereocenters. The van der Waals surface area contributed by atoms with Crippen LogP contribution in [0.3, 0.4) is 0 Å². The van der Waals surface area contributed by atoms with E-state index < -0.39 is 0 Å². The molecule has 0 amide bonds. The molecule has 0 aliphatic heterocycles. The average molecular weight is 185 g/mol. The van der Waals surface area contributed by atoms with E-state index in [4.69, 9.17) is 0 Å². The maximum Gasteiger partial charge on any atom is 0.101 e. The van der Waals surface area contributed by atoms with Crippen LogP contribution in [0, 0.1) is 6.17 Å². The molecular weight excluding hydrogens is 160 g/mol. The van der Waals surface area contributed by atoms with Crippen LogP contribution in [0.5, 0.6) is 0 Å². The zero-order valence-corrected chi connectivity index (χ0v) is 9.45. The summed E-state index contributed by atoms with van der Waals surface area (Å²) >= 11 is 0. The molecule has 0 aliphatic rings. The van der Waals surface area contributed by atoms with E-state index in [1.54, 1.807) is 0 Å². The minimum absolute atomic E-state index is 1.09. The Balaban J connectivity index is 3.28. The van der Waals surface area contributed by atoms with Gasteiger partial charge in [-0.15, -0.1) is 0 Å². The molecule has 79 valence electrons. The predicted molar refractivity (Wildman–Crippen MR) is 59.4 cm³/mol. The Morgan fingerprint density at radius 2 is 1.31 bits per heavy atom. The van der Waals surface area contributed by atoms with E-state index >= 15 is 0 Å². The second-order valence-corrected chi connectivity index (χ2v) is 3.39. The van der Waals surface area contributed by atoms with E-state index in [2.05, 4.69) is 31.4 Å². The molecule has 0 saturated heterocycles. The smallest absolute Gasteiger partial charge is 0.101 e. The molecule has 0 spiro atoms. The standard InChI is InChI=1S/C11H25N2/c1-4-7-9-12-11(6-3)13-10-8-5-2/h12-13H,4-10H2,1-3H3. The Morgan fingerprint density at radius 1 is 0.846 bits per heavy atom. The molecule has 0 rings (SSSR count). The van der Waals surface area contributed by atoms with Crippen LogP contribution in [-0.4, -0.2) is 13.1 Å². The number of hydrogen-bond donors (Lipinski definition) is 2. The fraction of sp³-hybridized carbons (Fsp3) is 0.909. The zero-order chi connectivity index (χ0) is 9.94. The Morgan fingerprint density at radius 3 is 1.62 bits per heavy atom. The second kappa shape index (κ2) is 10.0. The van der Waals surface area contributed by atoms with Gasteiger partial charge in [-0.2, -0.15) is 0 Å². The Kier molecular flexibility index (Phi) is 9.94. The summed E-state index contributed by atoms with van der Waals surface area (Å²) < 4.78 is 0. The van der Waals surface area contributed by atoms with Gasteiger partial charge in [0.15, 0.2) is 0 Å². The fourth-order valence-corrected chi connectivity index (χ4v) is 1.14. The van der Waals surface area contributed by atoms with E-state index in [9.17, 15) is 0 Å². The summed E-state index contributed by atoms with van der Waals surface area (Å²) in [7, 11) is 0. The van der Waals surface area contributed by atoms with Gasteiger partial charge >= 0.3 is 0 Å². The summed E-state index contributed by atoms with van der Waals surface area (Å²) in [6, 6.07) is 0. The first-order valence-electron chi connectivity index (χ1n) is 5.68. The van der Waals surface area contributed by atoms with Gasteiger partial charge in [0.25, 0.3) is 0 Å². The highest BCUT2D eigenvalue weighted by atomic mass is 15.1. The van der Waals surface area contributed by atoms with Gasteiger partial charge in [-0.05, 0) is 32.4 Å². The summed E-state index contributed by atoms with van der Waals surface area (Å²) in [4.78, 5) is 0. The molecule has 0 bridgehead atoms. The number of unbranched alkanes of at least 4 members (excludes halogenated alkanes) is 2. The lowest BCUT2D eigenvalue weighted by Crippen LogP contribution is -2.34. The monoisotopic (exact) mass is 185 g/mol. The third-order valence-electron chi connectivity index (χ3n) is 2.09. The Hall–Kier alpha value is -0.0800. The first-order chi connectivity index (χ1) is 6.35. The van der Waals surface area contributed by atoms with Crippen LogP contribution < -0.4 is 10.6 Å². The van der Waals surface area contributed by atoms with E-state index in [0.717, 1.165) is 19.5 Å². The van der Waals surface area contributed by atoms with Crippen LogP contribution in [0.15, 0.2) is 0 Å². The molecule has 0 fully saturated rings. The Bertz CT molecular complexity index is 84.1. The highest BCUT2D eigenvalue weighted by Crippen LogP contribution is 1.97. The van der Waals surface area contributed by atoms with Crippen molar-refractivity contribution < 1.29 is 0 Å². The largest absolute Gasteiger partial charge is 0.297 e. The van der Waals surface area contributed by atoms with Gasteiger partial charge in [0.1, 0.15) is 6.17 Å². The Labute approximate surface area is 83.5 Å². The molecule has 0 unspecified atom stereocenters. The minimum Gasteiger partial charge on any atom is -0.297 e. The van der Waals surface area contributed by atoms with Crippen molar-refractivity contribution in [2.45, 2.75) is 52.9 Å². The summed E-state index contributed by atoms with van der Waals surface area (Å²) in [5.74, 6) is 0. The molecule has 0 heterocycles. The van der Waals surface area contributed by atoms with E-state index in [1.165, 1.54) is 31.8 Å². The van der Waals surface area contributed by atoms with Gasteiger partial charge in [-0.1, -0.05) is 33.6 Å². The van der Waals surface area contributed by atoms with Crippen LogP contribution in [0.2, 0.25) is 0 Å². The molecule has 0 aromatic rings. The number of hydrogen-bond acceptors (Lipinski definition) is 2. The molecule has 1 radical (unpaired) electrons. The zero-order valence-electron chi connectivity index (χ0n) is 9.45. The summed E-state index contributed by atoms with van der Waals surface area (Å²) in [6.45, 7) is 8.85. The van der Waals surface area contributed by atoms with E-state index in [1.807, 2.05) is 0 Å². The van der Waals surface area contributed by atoms with Gasteiger partial charge in [0.2, 0.25) is 0 Å². The second-order valence-electron chi connectivity index (χ2n) is 3.39. The molecule has 13 heavy (non-hydrogen) atoms. The van der Waals surface area contributed by atoms with E-state index in [-0.39, 0.29) is 0 Å². The van der Waals surface area contributed by atoms with Crippen molar-refractivity contribution in [2.75, 3.05) is 13.1 Å². The van der Waals surface area contributed by atoms with Crippen LogP contribution in [-0.2, 0) is 0 Å². The van der Waals surface area contributed by atoms with Gasteiger partial charge < -0.3 is 0 Å². The molecule has 2 N–H and O–H groups in total. The molecular formula is C11H25N2. The highest BCUT2D eigenvalue weighted by molar-refractivity contribution is 4.81. The first kappa shape index (κ1) is 12.9. The first-order valence-corrected chi connectivity index (χ1v) is 5.68. The normalized spacial score (nSPS) is 11.1. The van der Waals surface area contributed by atoms with Crippen molar-refractivity contribution >= 4 is 0 Å². The van der Waals surface area contributed by atoms with Crippen molar-refractivity contribution in [3.8, 4) is 0 Å².